The summed E-state index contributed by atoms with van der Waals surface area (Å²) in [4.78, 5) is 2.32. The summed E-state index contributed by atoms with van der Waals surface area (Å²) in [7, 11) is 1.62. The third-order valence-corrected chi connectivity index (χ3v) is 3.85. The van der Waals surface area contributed by atoms with Gasteiger partial charge in [-0.1, -0.05) is 19.1 Å². The average molecular weight is 279 g/mol. The molecule has 0 bridgehead atoms. The van der Waals surface area contributed by atoms with Crippen LogP contribution in [-0.2, 0) is 0 Å². The Balaban J connectivity index is 1.76. The van der Waals surface area contributed by atoms with Gasteiger partial charge in [-0.3, -0.25) is 0 Å². The topological polar surface area (TPSA) is 41.9 Å². The summed E-state index contributed by atoms with van der Waals surface area (Å²) in [5.41, 5.74) is 0. The van der Waals surface area contributed by atoms with E-state index in [2.05, 4.69) is 11.8 Å². The quantitative estimate of drug-likeness (QED) is 0.866. The van der Waals surface area contributed by atoms with E-state index in [-0.39, 0.29) is 0 Å². The molecule has 1 fully saturated rings. The van der Waals surface area contributed by atoms with Gasteiger partial charge in [0, 0.05) is 6.54 Å². The standard InChI is InChI=1S/C16H25NO3/c1-13-7-9-17(10-8-13)11-14(18)12-20-16-6-4-3-5-15(16)19-2/h3-6,13-14,18H,7-12H2,1-2H3. The van der Waals surface area contributed by atoms with Gasteiger partial charge in [-0.2, -0.15) is 0 Å². The van der Waals surface area contributed by atoms with Gasteiger partial charge in [0.2, 0.25) is 0 Å². The molecule has 1 N–H and O–H groups in total. The van der Waals surface area contributed by atoms with Crippen LogP contribution in [0.15, 0.2) is 24.3 Å². The van der Waals surface area contributed by atoms with Gasteiger partial charge in [-0.15, -0.1) is 0 Å². The van der Waals surface area contributed by atoms with E-state index >= 15 is 0 Å². The van der Waals surface area contributed by atoms with E-state index in [4.69, 9.17) is 9.47 Å². The maximum absolute atomic E-state index is 10.1. The highest BCUT2D eigenvalue weighted by atomic mass is 16.5. The van der Waals surface area contributed by atoms with Crippen molar-refractivity contribution in [3.05, 3.63) is 24.3 Å². The first kappa shape index (κ1) is 15.1. The minimum Gasteiger partial charge on any atom is -0.493 e. The number of ether oxygens (including phenoxy) is 2. The molecule has 0 amide bonds. The van der Waals surface area contributed by atoms with Crippen molar-refractivity contribution in [2.75, 3.05) is 33.4 Å². The normalized spacial score (nSPS) is 18.8. The third-order valence-electron chi connectivity index (χ3n) is 3.85. The number of rotatable bonds is 6. The smallest absolute Gasteiger partial charge is 0.161 e. The van der Waals surface area contributed by atoms with Crippen LogP contribution in [0.4, 0.5) is 0 Å². The van der Waals surface area contributed by atoms with Crippen LogP contribution in [0.5, 0.6) is 11.5 Å². The Kier molecular flexibility index (Phi) is 5.68. The number of piperidine rings is 1. The maximum Gasteiger partial charge on any atom is 0.161 e. The molecule has 1 aliphatic heterocycles. The molecule has 1 heterocycles. The molecule has 2 rings (SSSR count). The molecule has 1 aromatic rings. The fourth-order valence-corrected chi connectivity index (χ4v) is 2.52. The van der Waals surface area contributed by atoms with Crippen LogP contribution in [0, 0.1) is 5.92 Å². The molecular weight excluding hydrogens is 254 g/mol. The number of hydrogen-bond acceptors (Lipinski definition) is 4. The lowest BCUT2D eigenvalue weighted by atomic mass is 9.99. The lowest BCUT2D eigenvalue weighted by molar-refractivity contribution is 0.0555. The van der Waals surface area contributed by atoms with Crippen molar-refractivity contribution in [3.63, 3.8) is 0 Å². The van der Waals surface area contributed by atoms with Gasteiger partial charge >= 0.3 is 0 Å². The lowest BCUT2D eigenvalue weighted by Crippen LogP contribution is -2.40. The van der Waals surface area contributed by atoms with Crippen molar-refractivity contribution in [2.24, 2.45) is 5.92 Å². The minimum atomic E-state index is -0.465. The molecule has 1 atom stereocenters. The van der Waals surface area contributed by atoms with Crippen molar-refractivity contribution in [1.82, 2.24) is 4.90 Å². The number of likely N-dealkylation sites (tertiary alicyclic amines) is 1. The van der Waals surface area contributed by atoms with Gasteiger partial charge in [0.15, 0.2) is 11.5 Å². The number of hydrogen-bond donors (Lipinski definition) is 1. The van der Waals surface area contributed by atoms with Crippen molar-refractivity contribution in [2.45, 2.75) is 25.9 Å². The molecule has 0 spiro atoms. The van der Waals surface area contributed by atoms with E-state index < -0.39 is 6.10 Å². The third kappa shape index (κ3) is 4.39. The fourth-order valence-electron chi connectivity index (χ4n) is 2.52. The Morgan fingerprint density at radius 2 is 1.90 bits per heavy atom. The zero-order chi connectivity index (χ0) is 14.4. The molecule has 4 heteroatoms. The maximum atomic E-state index is 10.1. The molecule has 20 heavy (non-hydrogen) atoms. The van der Waals surface area contributed by atoms with Gasteiger partial charge in [-0.05, 0) is 44.0 Å². The van der Waals surface area contributed by atoms with E-state index in [1.54, 1.807) is 7.11 Å². The molecule has 4 nitrogen and oxygen atoms in total. The molecule has 0 radical (unpaired) electrons. The summed E-state index contributed by atoms with van der Waals surface area (Å²) in [6.07, 6.45) is 1.98. The second-order valence-corrected chi connectivity index (χ2v) is 5.60. The number of aliphatic hydroxyl groups is 1. The summed E-state index contributed by atoms with van der Waals surface area (Å²) in [5, 5.41) is 10.1. The summed E-state index contributed by atoms with van der Waals surface area (Å²) >= 11 is 0. The Hall–Kier alpha value is -1.26. The first-order chi connectivity index (χ1) is 9.69. The monoisotopic (exact) mass is 279 g/mol. The molecule has 1 aliphatic rings. The summed E-state index contributed by atoms with van der Waals surface area (Å²) in [5.74, 6) is 2.20. The van der Waals surface area contributed by atoms with Gasteiger partial charge in [-0.25, -0.2) is 0 Å². The number of aliphatic hydroxyl groups excluding tert-OH is 1. The van der Waals surface area contributed by atoms with Crippen LogP contribution in [0.2, 0.25) is 0 Å². The van der Waals surface area contributed by atoms with E-state index in [0.29, 0.717) is 24.7 Å². The summed E-state index contributed by atoms with van der Waals surface area (Å²) in [6, 6.07) is 7.51. The van der Waals surface area contributed by atoms with Crippen LogP contribution < -0.4 is 9.47 Å². The van der Waals surface area contributed by atoms with Crippen LogP contribution in [-0.4, -0.2) is 49.5 Å². The van der Waals surface area contributed by atoms with E-state index in [0.717, 1.165) is 19.0 Å². The van der Waals surface area contributed by atoms with Crippen molar-refractivity contribution in [1.29, 1.82) is 0 Å². The lowest BCUT2D eigenvalue weighted by Gasteiger charge is -2.31. The zero-order valence-corrected chi connectivity index (χ0v) is 12.4. The van der Waals surface area contributed by atoms with Crippen molar-refractivity contribution in [3.8, 4) is 11.5 Å². The van der Waals surface area contributed by atoms with Crippen LogP contribution >= 0.6 is 0 Å². The second kappa shape index (κ2) is 7.50. The summed E-state index contributed by atoms with van der Waals surface area (Å²) in [6.45, 7) is 5.42. The van der Waals surface area contributed by atoms with Gasteiger partial charge in [0.25, 0.3) is 0 Å². The SMILES string of the molecule is COc1ccccc1OCC(O)CN1CCC(C)CC1. The predicted molar refractivity (Wildman–Crippen MR) is 79.3 cm³/mol. The molecule has 1 saturated heterocycles. The molecule has 1 unspecified atom stereocenters. The predicted octanol–water partition coefficient (Wildman–Crippen LogP) is 2.17. The highest BCUT2D eigenvalue weighted by Gasteiger charge is 2.18. The Morgan fingerprint density at radius 3 is 2.55 bits per heavy atom. The molecule has 0 aliphatic carbocycles. The Morgan fingerprint density at radius 1 is 1.25 bits per heavy atom. The van der Waals surface area contributed by atoms with Crippen molar-refractivity contribution >= 4 is 0 Å². The highest BCUT2D eigenvalue weighted by Crippen LogP contribution is 2.25. The van der Waals surface area contributed by atoms with Crippen LogP contribution in [0.3, 0.4) is 0 Å². The first-order valence-corrected chi connectivity index (χ1v) is 7.35. The number of benzene rings is 1. The second-order valence-electron chi connectivity index (χ2n) is 5.60. The number of para-hydroxylation sites is 2. The number of nitrogens with zero attached hydrogens (tertiary/aromatic N) is 1. The molecular formula is C16H25NO3. The molecule has 1 aromatic carbocycles. The highest BCUT2D eigenvalue weighted by molar-refractivity contribution is 5.39. The van der Waals surface area contributed by atoms with Crippen molar-refractivity contribution < 1.29 is 14.6 Å². The zero-order valence-electron chi connectivity index (χ0n) is 12.4. The number of methoxy groups -OCH3 is 1. The molecule has 112 valence electrons. The number of β-amino-alcohol motifs (C(OH)–C–C–N with tert-alkyl or cyclic N) is 1. The van der Waals surface area contributed by atoms with Gasteiger partial charge < -0.3 is 19.5 Å². The largest absolute Gasteiger partial charge is 0.493 e. The van der Waals surface area contributed by atoms with Crippen LogP contribution in [0.25, 0.3) is 0 Å². The molecule has 0 aromatic heterocycles. The van der Waals surface area contributed by atoms with Gasteiger partial charge in [0.1, 0.15) is 12.7 Å². The van der Waals surface area contributed by atoms with E-state index in [1.807, 2.05) is 24.3 Å². The van der Waals surface area contributed by atoms with Crippen LogP contribution in [0.1, 0.15) is 19.8 Å². The van der Waals surface area contributed by atoms with Gasteiger partial charge in [0.05, 0.1) is 7.11 Å². The van der Waals surface area contributed by atoms with E-state index in [9.17, 15) is 5.11 Å². The molecule has 0 saturated carbocycles. The average Bonchev–Trinajstić information content (AvgIpc) is 2.48. The fraction of sp³-hybridized carbons (Fsp3) is 0.625. The first-order valence-electron chi connectivity index (χ1n) is 7.35. The Labute approximate surface area is 121 Å². The Bertz CT molecular complexity index is 402. The summed E-state index contributed by atoms with van der Waals surface area (Å²) < 4.78 is 10.9. The minimum absolute atomic E-state index is 0.298. The van der Waals surface area contributed by atoms with E-state index in [1.165, 1.54) is 12.8 Å².